The van der Waals surface area contributed by atoms with Crippen molar-refractivity contribution >= 4 is 0 Å². The maximum absolute atomic E-state index is 10.3. The molecule has 3 rings (SSSR count). The molecular formula is C28H38N2O5. The molecule has 1 unspecified atom stereocenters. The number of ether oxygens (including phenoxy) is 5. The van der Waals surface area contributed by atoms with E-state index in [9.17, 15) is 5.26 Å². The average molecular weight is 483 g/mol. The Labute approximate surface area is 209 Å². The topological polar surface area (TPSA) is 73.2 Å². The van der Waals surface area contributed by atoms with E-state index < -0.39 is 5.41 Å². The van der Waals surface area contributed by atoms with Crippen LogP contribution in [0.4, 0.5) is 0 Å². The molecule has 0 aliphatic heterocycles. The van der Waals surface area contributed by atoms with Gasteiger partial charge in [0, 0.05) is 12.1 Å². The zero-order chi connectivity index (χ0) is 25.4. The summed E-state index contributed by atoms with van der Waals surface area (Å²) in [4.78, 5) is 2.31. The summed E-state index contributed by atoms with van der Waals surface area (Å²) >= 11 is 0. The Morgan fingerprint density at radius 2 is 1.54 bits per heavy atom. The summed E-state index contributed by atoms with van der Waals surface area (Å²) in [6, 6.07) is 10.7. The predicted molar refractivity (Wildman–Crippen MR) is 136 cm³/mol. The van der Waals surface area contributed by atoms with Gasteiger partial charge in [0.05, 0.1) is 47.0 Å². The molecule has 0 bridgehead atoms. The van der Waals surface area contributed by atoms with Gasteiger partial charge in [0.25, 0.3) is 0 Å². The summed E-state index contributed by atoms with van der Waals surface area (Å²) in [5, 5.41) is 10.3. The third kappa shape index (κ3) is 5.59. The van der Waals surface area contributed by atoms with Gasteiger partial charge in [0.15, 0.2) is 23.0 Å². The lowest BCUT2D eigenvalue weighted by Crippen LogP contribution is -2.31. The van der Waals surface area contributed by atoms with Gasteiger partial charge in [-0.05, 0) is 81.4 Å². The highest BCUT2D eigenvalue weighted by atomic mass is 16.5. The van der Waals surface area contributed by atoms with Gasteiger partial charge in [-0.3, -0.25) is 0 Å². The van der Waals surface area contributed by atoms with Crippen LogP contribution in [-0.2, 0) is 18.3 Å². The minimum Gasteiger partial charge on any atom is -0.493 e. The van der Waals surface area contributed by atoms with Crippen LogP contribution in [0, 0.1) is 11.3 Å². The lowest BCUT2D eigenvalue weighted by molar-refractivity contribution is 0.303. The van der Waals surface area contributed by atoms with E-state index in [0.717, 1.165) is 79.8 Å². The molecule has 0 spiro atoms. The normalized spacial score (nSPS) is 16.9. The summed E-state index contributed by atoms with van der Waals surface area (Å²) < 4.78 is 27.5. The summed E-state index contributed by atoms with van der Waals surface area (Å²) in [7, 11) is 10.3. The van der Waals surface area contributed by atoms with Crippen LogP contribution < -0.4 is 23.7 Å². The molecule has 0 fully saturated rings. The van der Waals surface area contributed by atoms with Gasteiger partial charge in [-0.15, -0.1) is 0 Å². The summed E-state index contributed by atoms with van der Waals surface area (Å²) in [6.07, 6.45) is 5.38. The molecule has 1 aliphatic rings. The van der Waals surface area contributed by atoms with Gasteiger partial charge < -0.3 is 28.6 Å². The fourth-order valence-electron chi connectivity index (χ4n) is 5.18. The van der Waals surface area contributed by atoms with Gasteiger partial charge in [-0.2, -0.15) is 5.26 Å². The number of benzene rings is 2. The molecule has 2 aromatic carbocycles. The van der Waals surface area contributed by atoms with Crippen LogP contribution in [0.2, 0.25) is 0 Å². The van der Waals surface area contributed by atoms with Crippen molar-refractivity contribution in [2.45, 2.75) is 43.9 Å². The van der Waals surface area contributed by atoms with Gasteiger partial charge >= 0.3 is 0 Å². The van der Waals surface area contributed by atoms with Gasteiger partial charge in [0.1, 0.15) is 0 Å². The number of likely N-dealkylation sites (N-methyl/N-ethyl adjacent to an activating group) is 1. The molecule has 7 heteroatoms. The monoisotopic (exact) mass is 482 g/mol. The highest BCUT2D eigenvalue weighted by Crippen LogP contribution is 2.46. The maximum atomic E-state index is 10.3. The second-order valence-corrected chi connectivity index (χ2v) is 9.07. The highest BCUT2D eigenvalue weighted by Gasteiger charge is 2.38. The van der Waals surface area contributed by atoms with Crippen LogP contribution in [0.3, 0.4) is 0 Å². The van der Waals surface area contributed by atoms with E-state index in [-0.39, 0.29) is 0 Å². The number of hydrogen-bond acceptors (Lipinski definition) is 7. The number of rotatable bonds is 12. The van der Waals surface area contributed by atoms with E-state index in [4.69, 9.17) is 23.7 Å². The van der Waals surface area contributed by atoms with Crippen molar-refractivity contribution in [2.24, 2.45) is 0 Å². The van der Waals surface area contributed by atoms with E-state index >= 15 is 0 Å². The quantitative estimate of drug-likeness (QED) is 0.431. The molecule has 2 aromatic rings. The van der Waals surface area contributed by atoms with E-state index in [1.165, 1.54) is 0 Å². The number of nitrogens with zero attached hydrogens (tertiary/aromatic N) is 2. The average Bonchev–Trinajstić information content (AvgIpc) is 2.90. The first-order chi connectivity index (χ1) is 17.0. The Bertz CT molecular complexity index is 1020. The van der Waals surface area contributed by atoms with Crippen molar-refractivity contribution in [3.05, 3.63) is 41.0 Å². The Hall–Kier alpha value is -3.11. The molecule has 1 aliphatic carbocycles. The first kappa shape index (κ1) is 26.5. The minimum absolute atomic E-state index is 0.481. The minimum atomic E-state index is -0.481. The van der Waals surface area contributed by atoms with E-state index in [0.29, 0.717) is 17.2 Å². The standard InChI is InChI=1S/C28H38N2O5/c1-30(16-12-20-17-24(32-3)27(35-6)25(18-20)33-4)15-8-14-28(19-29)13-7-9-21-22(28)10-11-23(31-2)26(21)34-5/h10-11,17-18H,7-9,12-16H2,1-6H3. The first-order valence-electron chi connectivity index (χ1n) is 12.1. The SMILES string of the molecule is COc1cc(CCN(C)CCCC2(C#N)CCCc3c2ccc(OC)c3OC)cc(OC)c1OC. The predicted octanol–water partition coefficient (Wildman–Crippen LogP) is 4.78. The number of nitriles is 1. The highest BCUT2D eigenvalue weighted by molar-refractivity contribution is 5.56. The van der Waals surface area contributed by atoms with Crippen molar-refractivity contribution < 1.29 is 23.7 Å². The zero-order valence-corrected chi connectivity index (χ0v) is 21.9. The molecule has 0 saturated carbocycles. The molecule has 0 saturated heterocycles. The molecule has 0 aromatic heterocycles. The smallest absolute Gasteiger partial charge is 0.203 e. The number of fused-ring (bicyclic) bond motifs is 1. The molecule has 0 heterocycles. The van der Waals surface area contributed by atoms with Crippen LogP contribution in [0.1, 0.15) is 42.4 Å². The number of hydrogen-bond donors (Lipinski definition) is 0. The van der Waals surface area contributed by atoms with E-state index in [1.807, 2.05) is 18.2 Å². The zero-order valence-electron chi connectivity index (χ0n) is 21.9. The molecule has 0 amide bonds. The van der Waals surface area contributed by atoms with Crippen LogP contribution in [-0.4, -0.2) is 60.6 Å². The first-order valence-corrected chi connectivity index (χ1v) is 12.1. The van der Waals surface area contributed by atoms with Crippen molar-refractivity contribution in [3.8, 4) is 34.8 Å². The van der Waals surface area contributed by atoms with Crippen LogP contribution in [0.5, 0.6) is 28.7 Å². The summed E-state index contributed by atoms with van der Waals surface area (Å²) in [5.74, 6) is 3.45. The van der Waals surface area contributed by atoms with E-state index in [2.05, 4.69) is 24.1 Å². The Balaban J connectivity index is 1.64. The Morgan fingerprint density at radius 3 is 2.11 bits per heavy atom. The van der Waals surface area contributed by atoms with E-state index in [1.54, 1.807) is 35.5 Å². The van der Waals surface area contributed by atoms with Crippen molar-refractivity contribution in [1.29, 1.82) is 5.26 Å². The summed E-state index contributed by atoms with van der Waals surface area (Å²) in [5.41, 5.74) is 2.87. The van der Waals surface area contributed by atoms with Crippen molar-refractivity contribution in [1.82, 2.24) is 4.90 Å². The second-order valence-electron chi connectivity index (χ2n) is 9.07. The number of methoxy groups -OCH3 is 5. The largest absolute Gasteiger partial charge is 0.493 e. The molecule has 0 N–H and O–H groups in total. The van der Waals surface area contributed by atoms with Crippen molar-refractivity contribution in [2.75, 3.05) is 55.7 Å². The molecule has 0 radical (unpaired) electrons. The van der Waals surface area contributed by atoms with Crippen LogP contribution >= 0.6 is 0 Å². The molecule has 1 atom stereocenters. The maximum Gasteiger partial charge on any atom is 0.203 e. The Kier molecular flexibility index (Phi) is 9.11. The lowest BCUT2D eigenvalue weighted by Gasteiger charge is -2.35. The van der Waals surface area contributed by atoms with Crippen molar-refractivity contribution in [3.63, 3.8) is 0 Å². The molecular weight excluding hydrogens is 444 g/mol. The summed E-state index contributed by atoms with van der Waals surface area (Å²) in [6.45, 7) is 1.80. The fourth-order valence-corrected chi connectivity index (χ4v) is 5.18. The third-order valence-electron chi connectivity index (χ3n) is 7.06. The second kappa shape index (κ2) is 12.0. The molecule has 190 valence electrons. The fraction of sp³-hybridized carbons (Fsp3) is 0.536. The Morgan fingerprint density at radius 1 is 0.886 bits per heavy atom. The van der Waals surface area contributed by atoms with Crippen LogP contribution in [0.25, 0.3) is 0 Å². The van der Waals surface area contributed by atoms with Crippen LogP contribution in [0.15, 0.2) is 24.3 Å². The van der Waals surface area contributed by atoms with Gasteiger partial charge in [0.2, 0.25) is 5.75 Å². The van der Waals surface area contributed by atoms with Gasteiger partial charge in [-0.1, -0.05) is 6.07 Å². The van der Waals surface area contributed by atoms with Gasteiger partial charge in [-0.25, -0.2) is 0 Å². The lowest BCUT2D eigenvalue weighted by atomic mass is 9.68. The molecule has 35 heavy (non-hydrogen) atoms. The molecule has 7 nitrogen and oxygen atoms in total. The third-order valence-corrected chi connectivity index (χ3v) is 7.06.